The lowest BCUT2D eigenvalue weighted by molar-refractivity contribution is -0.122. The van der Waals surface area contributed by atoms with E-state index in [-0.39, 0.29) is 29.2 Å². The number of carbonyl (C=O) groups is 3. The summed E-state index contributed by atoms with van der Waals surface area (Å²) >= 11 is 0. The van der Waals surface area contributed by atoms with Crippen LogP contribution in [0.5, 0.6) is 0 Å². The van der Waals surface area contributed by atoms with E-state index in [4.69, 9.17) is 0 Å². The van der Waals surface area contributed by atoms with Crippen LogP contribution in [0, 0.1) is 5.92 Å². The molecule has 8 heteroatoms. The number of hydrogen-bond acceptors (Lipinski definition) is 4. The molecule has 3 N–H and O–H groups in total. The van der Waals surface area contributed by atoms with Crippen molar-refractivity contribution in [2.75, 3.05) is 6.54 Å². The van der Waals surface area contributed by atoms with Gasteiger partial charge in [0, 0.05) is 37.7 Å². The molecule has 7 rings (SSSR count). The summed E-state index contributed by atoms with van der Waals surface area (Å²) < 4.78 is 0. The highest BCUT2D eigenvalue weighted by Crippen LogP contribution is 2.47. The second kappa shape index (κ2) is 10.6. The Labute approximate surface area is 243 Å². The molecule has 3 aromatic carbocycles. The van der Waals surface area contributed by atoms with Gasteiger partial charge in [-0.15, -0.1) is 0 Å². The zero-order valence-electron chi connectivity index (χ0n) is 23.2. The molecule has 1 aliphatic heterocycles. The number of carboxylic acid groups (broad SMARTS) is 1. The number of carboxylic acids is 1. The minimum Gasteiger partial charge on any atom is -0.478 e. The molecular weight excluding hydrogens is 528 g/mol. The third kappa shape index (κ3) is 4.98. The topological polar surface area (TPSA) is 115 Å². The van der Waals surface area contributed by atoms with Gasteiger partial charge < -0.3 is 15.3 Å². The number of aromatic carboxylic acids is 1. The van der Waals surface area contributed by atoms with Crippen molar-refractivity contribution < 1.29 is 19.5 Å². The molecule has 4 aromatic rings. The Bertz CT molecular complexity index is 1690. The molecule has 0 bridgehead atoms. The molecule has 2 aliphatic carbocycles. The molecule has 2 saturated carbocycles. The van der Waals surface area contributed by atoms with Gasteiger partial charge in [-0.2, -0.15) is 5.10 Å². The van der Waals surface area contributed by atoms with Crippen LogP contribution in [0.4, 0.5) is 0 Å². The Morgan fingerprint density at radius 2 is 1.83 bits per heavy atom. The summed E-state index contributed by atoms with van der Waals surface area (Å²) in [5.41, 5.74) is 7.80. The van der Waals surface area contributed by atoms with Crippen LogP contribution < -0.4 is 5.32 Å². The molecule has 212 valence electrons. The number of nitrogens with one attached hydrogen (secondary N) is 2. The predicted molar refractivity (Wildman–Crippen MR) is 157 cm³/mol. The Morgan fingerprint density at radius 1 is 1.00 bits per heavy atom. The first kappa shape index (κ1) is 26.2. The van der Waals surface area contributed by atoms with Gasteiger partial charge in [0.1, 0.15) is 0 Å². The van der Waals surface area contributed by atoms with Crippen LogP contribution in [0.15, 0.2) is 72.9 Å². The van der Waals surface area contributed by atoms with Gasteiger partial charge in [0.15, 0.2) is 0 Å². The van der Waals surface area contributed by atoms with Crippen LogP contribution >= 0.6 is 0 Å². The van der Waals surface area contributed by atoms with Crippen molar-refractivity contribution in [3.05, 3.63) is 112 Å². The first-order valence-corrected chi connectivity index (χ1v) is 14.6. The van der Waals surface area contributed by atoms with E-state index >= 15 is 0 Å². The smallest absolute Gasteiger partial charge is 0.335 e. The molecule has 0 radical (unpaired) electrons. The van der Waals surface area contributed by atoms with Crippen molar-refractivity contribution in [3.63, 3.8) is 0 Å². The Hall–Kier alpha value is -4.72. The zero-order chi connectivity index (χ0) is 28.8. The monoisotopic (exact) mass is 560 g/mol. The summed E-state index contributed by atoms with van der Waals surface area (Å²) in [6.45, 7) is 1.33. The summed E-state index contributed by atoms with van der Waals surface area (Å²) in [7, 11) is 0. The van der Waals surface area contributed by atoms with E-state index in [9.17, 15) is 19.5 Å². The van der Waals surface area contributed by atoms with Crippen molar-refractivity contribution in [1.82, 2.24) is 20.4 Å². The number of amides is 2. The minimum absolute atomic E-state index is 0.0266. The Kier molecular flexibility index (Phi) is 6.61. The third-order valence-electron chi connectivity index (χ3n) is 8.89. The third-order valence-corrected chi connectivity index (χ3v) is 8.89. The fraction of sp³-hybridized carbons (Fsp3) is 0.294. The van der Waals surface area contributed by atoms with E-state index in [2.05, 4.69) is 27.6 Å². The largest absolute Gasteiger partial charge is 0.478 e. The highest BCUT2D eigenvalue weighted by atomic mass is 16.4. The van der Waals surface area contributed by atoms with E-state index in [1.807, 2.05) is 41.3 Å². The highest BCUT2D eigenvalue weighted by Gasteiger charge is 2.43. The van der Waals surface area contributed by atoms with Gasteiger partial charge in [-0.05, 0) is 77.1 Å². The standard InChI is InChI=1S/C34H32N4O4/c39-32(28-16-27(28)20-5-2-1-3-6-20)35-17-24-11-12-25(22-7-4-8-23(15-22)34(41)42)26-13-14-38(19-30(24)26)33(40)29-18-36-37-31(29)21-9-10-21/h1-8,11-12,15,18,21,27-28H,9-10,13-14,16-17,19H2,(H,35,39)(H,36,37)(H,41,42)/t27-,28+/m0/s1. The number of H-pyrrole nitrogens is 1. The molecular formula is C34H32N4O4. The molecule has 2 fully saturated rings. The summed E-state index contributed by atoms with van der Waals surface area (Å²) in [5.74, 6) is -0.370. The number of benzene rings is 3. The number of hydrogen-bond donors (Lipinski definition) is 3. The number of rotatable bonds is 8. The number of carbonyl (C=O) groups excluding carboxylic acids is 2. The fourth-order valence-corrected chi connectivity index (χ4v) is 6.35. The van der Waals surface area contributed by atoms with Gasteiger partial charge in [0.25, 0.3) is 5.91 Å². The maximum atomic E-state index is 13.7. The van der Waals surface area contributed by atoms with Crippen molar-refractivity contribution in [3.8, 4) is 11.1 Å². The summed E-state index contributed by atoms with van der Waals surface area (Å²) in [6, 6.07) is 21.1. The van der Waals surface area contributed by atoms with Crippen molar-refractivity contribution in [2.24, 2.45) is 5.92 Å². The van der Waals surface area contributed by atoms with Gasteiger partial charge >= 0.3 is 5.97 Å². The lowest BCUT2D eigenvalue weighted by Crippen LogP contribution is -2.37. The van der Waals surface area contributed by atoms with Crippen LogP contribution in [0.25, 0.3) is 11.1 Å². The number of fused-ring (bicyclic) bond motifs is 1. The number of nitrogens with zero attached hydrogens (tertiary/aromatic N) is 2. The average molecular weight is 561 g/mol. The molecule has 42 heavy (non-hydrogen) atoms. The van der Waals surface area contributed by atoms with Gasteiger partial charge in [-0.25, -0.2) is 4.79 Å². The fourth-order valence-electron chi connectivity index (χ4n) is 6.35. The van der Waals surface area contributed by atoms with E-state index in [0.717, 1.165) is 52.8 Å². The molecule has 1 aromatic heterocycles. The van der Waals surface area contributed by atoms with Crippen molar-refractivity contribution in [2.45, 2.75) is 50.6 Å². The molecule has 0 unspecified atom stereocenters. The second-order valence-electron chi connectivity index (χ2n) is 11.6. The van der Waals surface area contributed by atoms with Crippen LogP contribution in [0.2, 0.25) is 0 Å². The normalized spacial score (nSPS) is 19.2. The molecule has 2 atom stereocenters. The van der Waals surface area contributed by atoms with Gasteiger partial charge in [-0.3, -0.25) is 14.7 Å². The number of aromatic amines is 1. The van der Waals surface area contributed by atoms with Gasteiger partial charge in [-0.1, -0.05) is 54.6 Å². The van der Waals surface area contributed by atoms with Gasteiger partial charge in [0.05, 0.1) is 16.8 Å². The Morgan fingerprint density at radius 3 is 2.62 bits per heavy atom. The minimum atomic E-state index is -0.970. The van der Waals surface area contributed by atoms with Crippen LogP contribution in [-0.2, 0) is 24.3 Å². The summed E-state index contributed by atoms with van der Waals surface area (Å²) in [4.78, 5) is 40.3. The molecule has 0 saturated heterocycles. The lowest BCUT2D eigenvalue weighted by Gasteiger charge is -2.32. The van der Waals surface area contributed by atoms with Gasteiger partial charge in [0.2, 0.25) is 5.91 Å². The van der Waals surface area contributed by atoms with Crippen LogP contribution in [-0.4, -0.2) is 44.5 Å². The SMILES string of the molecule is O=C(O)c1cccc(-c2ccc(CNC(=O)[C@@H]3C[C@H]3c3ccccc3)c3c2CCN(C(=O)c2c[nH]nc2C2CC2)C3)c1. The first-order chi connectivity index (χ1) is 20.5. The highest BCUT2D eigenvalue weighted by molar-refractivity contribution is 5.96. The molecule has 2 amide bonds. The van der Waals surface area contributed by atoms with E-state index in [1.54, 1.807) is 24.4 Å². The lowest BCUT2D eigenvalue weighted by atomic mass is 9.87. The van der Waals surface area contributed by atoms with Crippen molar-refractivity contribution >= 4 is 17.8 Å². The predicted octanol–water partition coefficient (Wildman–Crippen LogP) is 5.27. The Balaban J connectivity index is 1.17. The maximum Gasteiger partial charge on any atom is 0.335 e. The molecule has 3 aliphatic rings. The molecule has 2 heterocycles. The first-order valence-electron chi connectivity index (χ1n) is 14.6. The van der Waals surface area contributed by atoms with E-state index in [1.165, 1.54) is 5.56 Å². The van der Waals surface area contributed by atoms with E-state index < -0.39 is 5.97 Å². The van der Waals surface area contributed by atoms with Crippen molar-refractivity contribution in [1.29, 1.82) is 0 Å². The number of aromatic nitrogens is 2. The quantitative estimate of drug-likeness (QED) is 0.272. The summed E-state index contributed by atoms with van der Waals surface area (Å²) in [6.07, 6.45) is 5.30. The summed E-state index contributed by atoms with van der Waals surface area (Å²) in [5, 5.41) is 20.0. The second-order valence-corrected chi connectivity index (χ2v) is 11.6. The van der Waals surface area contributed by atoms with Crippen LogP contribution in [0.3, 0.4) is 0 Å². The average Bonchev–Trinajstić information content (AvgIpc) is 3.97. The molecule has 8 nitrogen and oxygen atoms in total. The maximum absolute atomic E-state index is 13.7. The van der Waals surface area contributed by atoms with E-state index in [0.29, 0.717) is 37.5 Å². The molecule has 0 spiro atoms. The zero-order valence-corrected chi connectivity index (χ0v) is 23.2. The van der Waals surface area contributed by atoms with Crippen LogP contribution in [0.1, 0.15) is 79.8 Å².